The van der Waals surface area contributed by atoms with Gasteiger partial charge in [0.2, 0.25) is 94.4 Å². The van der Waals surface area contributed by atoms with Crippen molar-refractivity contribution < 1.29 is 91.1 Å². The first-order valence-electron chi connectivity index (χ1n) is 40.2. The minimum atomic E-state index is -0.509. The van der Waals surface area contributed by atoms with Crippen molar-refractivity contribution in [3.63, 3.8) is 0 Å². The van der Waals surface area contributed by atoms with Crippen LogP contribution in [-0.4, -0.2) is 99.6 Å². The first kappa shape index (κ1) is 167. The van der Waals surface area contributed by atoms with Crippen molar-refractivity contribution in [1.82, 2.24) is 0 Å². The van der Waals surface area contributed by atoms with Crippen molar-refractivity contribution in [3.05, 3.63) is 199 Å². The predicted octanol–water partition coefficient (Wildman–Crippen LogP) is 32.7. The average molecular weight is 2250 g/mol. The van der Waals surface area contributed by atoms with Gasteiger partial charge in [-0.3, -0.25) is 91.1 Å². The van der Waals surface area contributed by atoms with Crippen LogP contribution in [0, 0.1) is 11.8 Å². The summed E-state index contributed by atoms with van der Waals surface area (Å²) in [5.41, 5.74) is 4.57. The van der Waals surface area contributed by atoms with Gasteiger partial charge in [-0.05, 0) is 389 Å². The Labute approximate surface area is 886 Å². The molecule has 0 saturated carbocycles. The Morgan fingerprint density at radius 2 is 0.639 bits per heavy atom. The van der Waals surface area contributed by atoms with Crippen LogP contribution >= 0.6 is 220 Å². The molecule has 0 aliphatic rings. The zero-order valence-electron chi connectivity index (χ0n) is 79.1. The zero-order valence-corrected chi connectivity index (χ0v) is 93.5. The fourth-order valence-corrected chi connectivity index (χ4v) is 7.14. The highest BCUT2D eigenvalue weighted by Crippen LogP contribution is 2.11. The third kappa shape index (κ3) is 250. The number of carbonyl (C=O) groups excluding carboxylic acids is 19. The topological polar surface area (TPSA) is 324 Å². The first-order valence-corrected chi connectivity index (χ1v) is 47.4. The molecule has 0 aromatic heterocycles. The molecule has 0 aliphatic carbocycles. The second kappa shape index (κ2) is 138. The van der Waals surface area contributed by atoms with Gasteiger partial charge in [-0.15, -0.1) is 19.7 Å². The van der Waals surface area contributed by atoms with Crippen LogP contribution in [0.4, 0.5) is 0 Å². The van der Waals surface area contributed by atoms with Crippen molar-refractivity contribution in [2.45, 2.75) is 266 Å². The van der Waals surface area contributed by atoms with Crippen LogP contribution in [0.15, 0.2) is 188 Å². The van der Waals surface area contributed by atoms with E-state index < -0.39 is 36.7 Å². The van der Waals surface area contributed by atoms with Crippen LogP contribution in [-0.2, 0) is 86.3 Å². The van der Waals surface area contributed by atoms with Crippen LogP contribution in [0.2, 0.25) is 0 Å². The molecule has 0 heterocycles. The maximum atomic E-state index is 10.4. The number of allylic oxidation sites excluding steroid dienone is 17. The maximum absolute atomic E-state index is 10.4. The molecule has 19 nitrogen and oxygen atoms in total. The highest BCUT2D eigenvalue weighted by molar-refractivity contribution is 6.71. The molecule has 0 bridgehead atoms. The highest BCUT2D eigenvalue weighted by Gasteiger charge is 2.09. The van der Waals surface area contributed by atoms with Gasteiger partial charge < -0.3 is 0 Å². The van der Waals surface area contributed by atoms with E-state index in [-0.39, 0.29) is 74.7 Å². The fourth-order valence-electron chi connectivity index (χ4n) is 4.97. The van der Waals surface area contributed by atoms with Gasteiger partial charge in [0.1, 0.15) is 0 Å². The lowest BCUT2D eigenvalue weighted by molar-refractivity contribution is -0.115. The molecule has 0 saturated heterocycles. The molecule has 0 spiro atoms. The van der Waals surface area contributed by atoms with E-state index in [2.05, 4.69) is 51.8 Å². The van der Waals surface area contributed by atoms with Gasteiger partial charge in [-0.1, -0.05) is 215 Å². The molecule has 0 aliphatic heterocycles. The molecular formula is C95H133Cl19O19. The van der Waals surface area contributed by atoms with Crippen LogP contribution in [0.25, 0.3) is 6.08 Å². The molecule has 38 heteroatoms. The Morgan fingerprint density at radius 3 is 0.759 bits per heavy atom. The Balaban J connectivity index is -0.0000000715. The third-order valence-corrected chi connectivity index (χ3v) is 15.5. The third-order valence-electron chi connectivity index (χ3n) is 11.8. The second-order valence-electron chi connectivity index (χ2n) is 24.7. The molecule has 760 valence electrons. The van der Waals surface area contributed by atoms with E-state index in [9.17, 15) is 91.1 Å². The summed E-state index contributed by atoms with van der Waals surface area (Å²) >= 11 is 94.4. The minimum Gasteiger partial charge on any atom is -0.282 e. The first-order chi connectivity index (χ1) is 61.5. The number of benzene rings is 2. The predicted molar refractivity (Wildman–Crippen MR) is 571 cm³/mol. The lowest BCUT2D eigenvalue weighted by Gasteiger charge is -2.02. The quantitative estimate of drug-likeness (QED) is 0.0265. The Morgan fingerprint density at radius 1 is 0.346 bits per heavy atom. The molecule has 2 aromatic carbocycles. The van der Waals surface area contributed by atoms with Gasteiger partial charge in [0.15, 0.2) is 0 Å². The van der Waals surface area contributed by atoms with Crippen molar-refractivity contribution in [1.29, 1.82) is 0 Å². The summed E-state index contributed by atoms with van der Waals surface area (Å²) in [6, 6.07) is 18.3. The average Bonchev–Trinajstić information content (AvgIpc) is 1.58. The molecule has 0 radical (unpaired) electrons. The van der Waals surface area contributed by atoms with Gasteiger partial charge in [0.05, 0.1) is 0 Å². The molecule has 2 rings (SSSR count). The van der Waals surface area contributed by atoms with E-state index in [1.165, 1.54) is 37.3 Å². The monoisotopic (exact) mass is 2240 g/mol. The summed E-state index contributed by atoms with van der Waals surface area (Å²) in [7, 11) is 0. The lowest BCUT2D eigenvalue weighted by Crippen LogP contribution is -2.04. The van der Waals surface area contributed by atoms with Crippen LogP contribution in [0.5, 0.6) is 0 Å². The molecule has 133 heavy (non-hydrogen) atoms. The van der Waals surface area contributed by atoms with E-state index in [4.69, 9.17) is 209 Å². The standard InChI is InChI=1S/C9H7ClO.C7H5ClO.3C6H11ClO.C6H9ClO.7C5H7ClO.2C4H7ClO.C4H5ClO.C3H5ClO.C3H3ClO.C2H3ClO/c10-9(11)7-6-8-4-2-1-3-5-8;8-7(9)6-4-2-1-3-5-6;1-3-5(4-2)6(7)8;3*1-2-3-4-5-6(7)8;2*1-4(2)3-5(6)7;2*1-3-4(2)5(6)7;3*1-2-3-4-5(6)7;1-3(2)4(5)6;2*1-2-3-4(5)6;2*1-2-3(4)5;1-2(3)4/h1-7H;1-5H;5H,3-4H2,1-2H3;2*2-5H2,1H3;2H,1,3-5H2;4*3H,1-2H3;3-4H,2H2,1H3;2*2H,1,3-4H2;3H,1-2H3;2-3H2,1H3;2-3H,1H3;2H2,1H3;2H,1H2;1H3/b7-6+;;;;;;;;4-3+;4-3-;4-3+;;;;;3-2+;;;. The van der Waals surface area contributed by atoms with E-state index in [0.29, 0.717) is 74.5 Å². The molecule has 0 unspecified atom stereocenters. The fraction of sp³-hybridized carbons (Fsp3) is 0.442. The maximum Gasteiger partial charge on any atom is 0.252 e. The Hall–Kier alpha value is -5.18. The van der Waals surface area contributed by atoms with Crippen molar-refractivity contribution >= 4 is 326 Å². The van der Waals surface area contributed by atoms with E-state index in [1.807, 2.05) is 91.8 Å². The summed E-state index contributed by atoms with van der Waals surface area (Å²) in [5, 5.41) is -6.34. The lowest BCUT2D eigenvalue weighted by atomic mass is 10.1. The van der Waals surface area contributed by atoms with Crippen molar-refractivity contribution in [2.75, 3.05) is 0 Å². The molecular weight excluding hydrogens is 2120 g/mol. The smallest absolute Gasteiger partial charge is 0.252 e. The minimum absolute atomic E-state index is 0.0216. The normalized spacial score (nSPS) is 9.08. The molecule has 0 fully saturated rings. The summed E-state index contributed by atoms with van der Waals surface area (Å²) < 4.78 is 0. The molecule has 0 N–H and O–H groups in total. The van der Waals surface area contributed by atoms with Crippen molar-refractivity contribution in [3.8, 4) is 0 Å². The summed E-state index contributed by atoms with van der Waals surface area (Å²) in [5.74, 6) is 0.0586. The summed E-state index contributed by atoms with van der Waals surface area (Å²) in [6.45, 7) is 47.9. The number of unbranched alkanes of at least 4 members (excludes halogenated alkanes) is 5. The number of rotatable bonds is 36. The SMILES string of the molecule is C/C=C(/C)C(=O)Cl.C/C=C(\C)C(=O)Cl.C/C=C/C(=O)Cl.C=CC(=O)Cl.C=CCCC(=O)Cl.C=CCCC(=O)Cl.C=CCCCC(=O)Cl.CC(=O)Cl.CC(C)=CC(=O)Cl.CC(C)=CC(=O)Cl.CC(C)C(=O)Cl.CC/C=C/C(=O)Cl.CCC(=O)Cl.CCC(CC)C(=O)Cl.CCCC(=O)Cl.CCCCCC(=O)Cl.CCCCCC(=O)Cl.O=C(Cl)/C=C/c1ccccc1.O=C(Cl)c1ccccc1. The van der Waals surface area contributed by atoms with Crippen molar-refractivity contribution in [2.24, 2.45) is 11.8 Å². The van der Waals surface area contributed by atoms with Gasteiger partial charge in [0.25, 0.3) is 5.24 Å². The van der Waals surface area contributed by atoms with Gasteiger partial charge in [0, 0.05) is 80.4 Å². The largest absolute Gasteiger partial charge is 0.282 e. The second-order valence-corrected chi connectivity index (χ2v) is 32.2. The number of hydrogen-bond acceptors (Lipinski definition) is 19. The molecule has 0 amide bonds. The van der Waals surface area contributed by atoms with Crippen LogP contribution in [0.1, 0.15) is 282 Å². The van der Waals surface area contributed by atoms with E-state index in [1.54, 1.807) is 128 Å². The van der Waals surface area contributed by atoms with Gasteiger partial charge in [-0.25, -0.2) is 0 Å². The zero-order chi connectivity index (χ0) is 108. The van der Waals surface area contributed by atoms with Gasteiger partial charge in [-0.2, -0.15) is 0 Å². The Kier molecular flexibility index (Phi) is 173. The Bertz CT molecular complexity index is 3610. The summed E-state index contributed by atoms with van der Waals surface area (Å²) in [6.07, 6.45) is 37.4. The molecule has 0 atom stereocenters. The highest BCUT2D eigenvalue weighted by atomic mass is 35.5. The van der Waals surface area contributed by atoms with E-state index in [0.717, 1.165) is 99.8 Å². The van der Waals surface area contributed by atoms with Gasteiger partial charge >= 0.3 is 0 Å². The van der Waals surface area contributed by atoms with Crippen LogP contribution in [0.3, 0.4) is 0 Å². The number of hydrogen-bond donors (Lipinski definition) is 0. The number of halogens is 19. The number of carbonyl (C=O) groups is 19. The van der Waals surface area contributed by atoms with E-state index >= 15 is 0 Å². The molecule has 2 aromatic rings. The van der Waals surface area contributed by atoms with Crippen LogP contribution < -0.4 is 0 Å². The summed E-state index contributed by atoms with van der Waals surface area (Å²) in [4.78, 5) is 189.